The maximum absolute atomic E-state index is 5.99. The van der Waals surface area contributed by atoms with Gasteiger partial charge >= 0.3 is 0 Å². The Morgan fingerprint density at radius 3 is 2.78 bits per heavy atom. The van der Waals surface area contributed by atoms with Crippen LogP contribution in [0.5, 0.6) is 0 Å². The minimum atomic E-state index is 0.231. The van der Waals surface area contributed by atoms with E-state index in [-0.39, 0.29) is 6.04 Å². The first kappa shape index (κ1) is 13.6. The van der Waals surface area contributed by atoms with Gasteiger partial charge in [0.15, 0.2) is 0 Å². The maximum atomic E-state index is 5.99. The van der Waals surface area contributed by atoms with Crippen LogP contribution in [-0.2, 0) is 6.42 Å². The zero-order chi connectivity index (χ0) is 13.1. The molecule has 0 aliphatic rings. The van der Waals surface area contributed by atoms with Crippen LogP contribution in [-0.4, -0.2) is 21.9 Å². The number of aryl methyl sites for hydroxylation is 1. The summed E-state index contributed by atoms with van der Waals surface area (Å²) in [4.78, 5) is 11.1. The van der Waals surface area contributed by atoms with Crippen LogP contribution >= 0.6 is 22.9 Å². The summed E-state index contributed by atoms with van der Waals surface area (Å²) in [5.41, 5.74) is 0. The Balaban J connectivity index is 2.35. The van der Waals surface area contributed by atoms with Crippen molar-refractivity contribution in [3.63, 3.8) is 0 Å². The predicted molar refractivity (Wildman–Crippen MR) is 79.8 cm³/mol. The lowest BCUT2D eigenvalue weighted by atomic mass is 10.1. The normalized spacial score (nSPS) is 13.2. The van der Waals surface area contributed by atoms with Crippen molar-refractivity contribution < 1.29 is 0 Å². The van der Waals surface area contributed by atoms with Crippen molar-refractivity contribution in [3.8, 4) is 0 Å². The molecule has 0 amide bonds. The third-order valence-corrected chi connectivity index (χ3v) is 4.54. The highest BCUT2D eigenvalue weighted by molar-refractivity contribution is 7.18. The fourth-order valence-corrected chi connectivity index (χ4v) is 3.12. The Morgan fingerprint density at radius 1 is 1.39 bits per heavy atom. The van der Waals surface area contributed by atoms with Crippen molar-refractivity contribution in [2.24, 2.45) is 5.92 Å². The number of nitrogens with one attached hydrogen (secondary N) is 1. The van der Waals surface area contributed by atoms with Crippen molar-refractivity contribution in [1.82, 2.24) is 9.97 Å². The number of fused-ring (bicyclic) bond motifs is 1. The van der Waals surface area contributed by atoms with E-state index >= 15 is 0 Å². The Morgan fingerprint density at radius 2 is 2.17 bits per heavy atom. The van der Waals surface area contributed by atoms with E-state index in [0.717, 1.165) is 22.5 Å². The topological polar surface area (TPSA) is 37.8 Å². The van der Waals surface area contributed by atoms with E-state index < -0.39 is 0 Å². The van der Waals surface area contributed by atoms with Crippen molar-refractivity contribution in [3.05, 3.63) is 17.3 Å². The predicted octanol–water partition coefficient (Wildman–Crippen LogP) is 3.93. The maximum Gasteiger partial charge on any atom is 0.138 e. The molecule has 2 rings (SSSR count). The lowest BCUT2D eigenvalue weighted by Crippen LogP contribution is -2.27. The highest BCUT2D eigenvalue weighted by Crippen LogP contribution is 2.29. The second-order valence-corrected chi connectivity index (χ2v) is 6.08. The van der Waals surface area contributed by atoms with Gasteiger partial charge in [0.05, 0.1) is 5.39 Å². The van der Waals surface area contributed by atoms with Gasteiger partial charge in [0.1, 0.15) is 17.0 Å². The molecule has 0 radical (unpaired) electrons. The van der Waals surface area contributed by atoms with Crippen molar-refractivity contribution in [1.29, 1.82) is 0 Å². The van der Waals surface area contributed by atoms with E-state index in [1.807, 2.05) is 0 Å². The average Bonchev–Trinajstić information content (AvgIpc) is 2.79. The molecule has 5 heteroatoms. The number of aromatic nitrogens is 2. The van der Waals surface area contributed by atoms with Gasteiger partial charge in [-0.15, -0.1) is 22.9 Å². The number of nitrogens with zero attached hydrogens (tertiary/aromatic N) is 2. The SMILES string of the molecule is CCc1cc2c(NC(CCl)C(C)C)ncnc2s1. The molecule has 0 aromatic carbocycles. The Labute approximate surface area is 117 Å². The monoisotopic (exact) mass is 283 g/mol. The highest BCUT2D eigenvalue weighted by Gasteiger charge is 2.15. The van der Waals surface area contributed by atoms with Gasteiger partial charge in [-0.3, -0.25) is 0 Å². The van der Waals surface area contributed by atoms with Gasteiger partial charge in [0, 0.05) is 16.8 Å². The van der Waals surface area contributed by atoms with E-state index in [2.05, 4.69) is 42.1 Å². The summed E-state index contributed by atoms with van der Waals surface area (Å²) in [5, 5.41) is 4.54. The van der Waals surface area contributed by atoms with Crippen LogP contribution in [0.4, 0.5) is 5.82 Å². The molecule has 18 heavy (non-hydrogen) atoms. The number of halogens is 1. The van der Waals surface area contributed by atoms with Crippen LogP contribution in [0.15, 0.2) is 12.4 Å². The van der Waals surface area contributed by atoms with Crippen LogP contribution < -0.4 is 5.32 Å². The van der Waals surface area contributed by atoms with Crippen molar-refractivity contribution in [2.45, 2.75) is 33.2 Å². The lowest BCUT2D eigenvalue weighted by Gasteiger charge is -2.20. The van der Waals surface area contributed by atoms with Crippen LogP contribution in [0.3, 0.4) is 0 Å². The molecule has 1 N–H and O–H groups in total. The molecule has 2 aromatic heterocycles. The van der Waals surface area contributed by atoms with Crippen LogP contribution in [0.1, 0.15) is 25.6 Å². The number of alkyl halides is 1. The molecular formula is C13H18ClN3S. The van der Waals surface area contributed by atoms with E-state index in [1.165, 1.54) is 4.88 Å². The molecule has 0 spiro atoms. The Bertz CT molecular complexity index is 524. The van der Waals surface area contributed by atoms with Crippen molar-refractivity contribution >= 4 is 39.0 Å². The largest absolute Gasteiger partial charge is 0.365 e. The van der Waals surface area contributed by atoms with Gasteiger partial charge in [0.2, 0.25) is 0 Å². The quantitative estimate of drug-likeness (QED) is 0.845. The summed E-state index contributed by atoms with van der Waals surface area (Å²) in [6.07, 6.45) is 2.65. The number of hydrogen-bond donors (Lipinski definition) is 1. The Hall–Kier alpha value is -0.870. The molecule has 0 bridgehead atoms. The van der Waals surface area contributed by atoms with E-state index in [4.69, 9.17) is 11.6 Å². The molecule has 2 aromatic rings. The minimum absolute atomic E-state index is 0.231. The molecule has 98 valence electrons. The molecule has 0 aliphatic heterocycles. The molecule has 3 nitrogen and oxygen atoms in total. The third-order valence-electron chi connectivity index (χ3n) is 3.02. The molecule has 2 heterocycles. The number of thiophene rings is 1. The molecule has 0 saturated carbocycles. The second-order valence-electron chi connectivity index (χ2n) is 4.66. The molecule has 1 unspecified atom stereocenters. The summed E-state index contributed by atoms with van der Waals surface area (Å²) < 4.78 is 0. The Kier molecular flexibility index (Phi) is 4.40. The van der Waals surface area contributed by atoms with Crippen LogP contribution in [0, 0.1) is 5.92 Å². The van der Waals surface area contributed by atoms with Crippen molar-refractivity contribution in [2.75, 3.05) is 11.2 Å². The third kappa shape index (κ3) is 2.75. The summed E-state index contributed by atoms with van der Waals surface area (Å²) in [6, 6.07) is 2.41. The molecule has 0 saturated heterocycles. The summed E-state index contributed by atoms with van der Waals surface area (Å²) in [7, 11) is 0. The zero-order valence-electron chi connectivity index (χ0n) is 10.9. The van der Waals surface area contributed by atoms with Crippen LogP contribution in [0.25, 0.3) is 10.2 Å². The summed E-state index contributed by atoms with van der Waals surface area (Å²) >= 11 is 7.72. The van der Waals surface area contributed by atoms with Gasteiger partial charge in [-0.2, -0.15) is 0 Å². The summed E-state index contributed by atoms with van der Waals surface area (Å²) in [6.45, 7) is 6.47. The fraction of sp³-hybridized carbons (Fsp3) is 0.538. The lowest BCUT2D eigenvalue weighted by molar-refractivity contribution is 0.563. The minimum Gasteiger partial charge on any atom is -0.365 e. The standard InChI is InChI=1S/C13H18ClN3S/c1-4-9-5-10-12(15-7-16-13(10)18-9)17-11(6-14)8(2)3/h5,7-8,11H,4,6H2,1-3H3,(H,15,16,17). The number of hydrogen-bond acceptors (Lipinski definition) is 4. The highest BCUT2D eigenvalue weighted by atomic mass is 35.5. The van der Waals surface area contributed by atoms with Crippen LogP contribution in [0.2, 0.25) is 0 Å². The first-order valence-electron chi connectivity index (χ1n) is 6.21. The van der Waals surface area contributed by atoms with E-state index in [1.54, 1.807) is 17.7 Å². The smallest absolute Gasteiger partial charge is 0.138 e. The van der Waals surface area contributed by atoms with E-state index in [9.17, 15) is 0 Å². The second kappa shape index (κ2) is 5.85. The molecule has 0 aliphatic carbocycles. The van der Waals surface area contributed by atoms with E-state index in [0.29, 0.717) is 11.8 Å². The number of anilines is 1. The van der Waals surface area contributed by atoms with Gasteiger partial charge in [-0.25, -0.2) is 9.97 Å². The molecule has 1 atom stereocenters. The first-order chi connectivity index (χ1) is 8.65. The van der Waals surface area contributed by atoms with Gasteiger partial charge in [-0.05, 0) is 18.4 Å². The first-order valence-corrected chi connectivity index (χ1v) is 7.56. The fourth-order valence-electron chi connectivity index (χ4n) is 1.75. The van der Waals surface area contributed by atoms with Gasteiger partial charge in [-0.1, -0.05) is 20.8 Å². The van der Waals surface area contributed by atoms with Gasteiger partial charge in [0.25, 0.3) is 0 Å². The average molecular weight is 284 g/mol. The van der Waals surface area contributed by atoms with Gasteiger partial charge < -0.3 is 5.32 Å². The number of rotatable bonds is 5. The molecule has 0 fully saturated rings. The zero-order valence-corrected chi connectivity index (χ0v) is 12.5. The molecular weight excluding hydrogens is 266 g/mol. The summed E-state index contributed by atoms with van der Waals surface area (Å²) in [5.74, 6) is 1.94.